The fourth-order valence-electron chi connectivity index (χ4n) is 3.42. The molecule has 0 aliphatic carbocycles. The minimum absolute atomic E-state index is 0.0733. The summed E-state index contributed by atoms with van der Waals surface area (Å²) in [4.78, 5) is 27.2. The van der Waals surface area contributed by atoms with Crippen molar-refractivity contribution < 1.29 is 14.3 Å². The van der Waals surface area contributed by atoms with Crippen molar-refractivity contribution in [1.29, 1.82) is 0 Å². The lowest BCUT2D eigenvalue weighted by molar-refractivity contribution is 0.0757. The van der Waals surface area contributed by atoms with Gasteiger partial charge in [0.1, 0.15) is 0 Å². The zero-order chi connectivity index (χ0) is 20.8. The van der Waals surface area contributed by atoms with Crippen LogP contribution in [0.15, 0.2) is 42.5 Å². The summed E-state index contributed by atoms with van der Waals surface area (Å²) in [6, 6.07) is 12.5. The Kier molecular flexibility index (Phi) is 7.29. The van der Waals surface area contributed by atoms with Crippen molar-refractivity contribution in [2.45, 2.75) is 39.2 Å². The van der Waals surface area contributed by atoms with Crippen molar-refractivity contribution in [3.63, 3.8) is 0 Å². The topological polar surface area (TPSA) is 58.6 Å². The fraction of sp³-hybridized carbons (Fsp3) is 0.391. The molecule has 154 valence electrons. The summed E-state index contributed by atoms with van der Waals surface area (Å²) < 4.78 is 5.48. The van der Waals surface area contributed by atoms with Crippen molar-refractivity contribution >= 4 is 29.1 Å². The summed E-state index contributed by atoms with van der Waals surface area (Å²) in [5.41, 5.74) is 3.06. The van der Waals surface area contributed by atoms with E-state index in [1.165, 1.54) is 0 Å². The summed E-state index contributed by atoms with van der Waals surface area (Å²) in [5, 5.41) is 3.47. The van der Waals surface area contributed by atoms with Gasteiger partial charge in [-0.25, -0.2) is 0 Å². The average molecular weight is 415 g/mol. The molecule has 3 rings (SSSR count). The van der Waals surface area contributed by atoms with Crippen LogP contribution in [-0.4, -0.2) is 37.6 Å². The van der Waals surface area contributed by atoms with Crippen molar-refractivity contribution in [3.8, 4) is 0 Å². The molecule has 1 N–H and O–H groups in total. The van der Waals surface area contributed by atoms with E-state index < -0.39 is 0 Å². The molecule has 0 saturated carbocycles. The highest BCUT2D eigenvalue weighted by atomic mass is 35.5. The van der Waals surface area contributed by atoms with E-state index in [9.17, 15) is 9.59 Å². The Morgan fingerprint density at radius 3 is 2.76 bits per heavy atom. The Morgan fingerprint density at radius 1 is 1.17 bits per heavy atom. The van der Waals surface area contributed by atoms with Crippen LogP contribution in [0.2, 0.25) is 5.02 Å². The number of hydrogen-bond acceptors (Lipinski definition) is 3. The summed E-state index contributed by atoms with van der Waals surface area (Å²) in [5.74, 6) is -0.175. The van der Waals surface area contributed by atoms with Crippen LogP contribution >= 0.6 is 11.6 Å². The molecule has 0 saturated heterocycles. The highest BCUT2D eigenvalue weighted by Gasteiger charge is 2.24. The Hall–Kier alpha value is -2.37. The molecule has 1 aliphatic rings. The van der Waals surface area contributed by atoms with Gasteiger partial charge < -0.3 is 15.0 Å². The maximum absolute atomic E-state index is 13.0. The summed E-state index contributed by atoms with van der Waals surface area (Å²) in [6.45, 7) is 5.84. The first kappa shape index (κ1) is 21.3. The maximum Gasteiger partial charge on any atom is 0.258 e. The molecule has 0 atom stereocenters. The molecule has 2 aromatic carbocycles. The van der Waals surface area contributed by atoms with Gasteiger partial charge in [0.25, 0.3) is 11.8 Å². The molecule has 0 fully saturated rings. The lowest BCUT2D eigenvalue weighted by Gasteiger charge is -2.30. The fourth-order valence-corrected chi connectivity index (χ4v) is 3.61. The van der Waals surface area contributed by atoms with Gasteiger partial charge in [-0.3, -0.25) is 9.59 Å². The monoisotopic (exact) mass is 414 g/mol. The molecule has 0 spiro atoms. The largest absolute Gasteiger partial charge is 0.379 e. The van der Waals surface area contributed by atoms with E-state index in [4.69, 9.17) is 16.3 Å². The van der Waals surface area contributed by atoms with Crippen LogP contribution in [0.25, 0.3) is 0 Å². The second kappa shape index (κ2) is 9.90. The van der Waals surface area contributed by atoms with E-state index in [0.29, 0.717) is 35.8 Å². The van der Waals surface area contributed by atoms with Gasteiger partial charge in [0.15, 0.2) is 0 Å². The number of ether oxygens (including phenoxy) is 1. The van der Waals surface area contributed by atoms with Gasteiger partial charge in [-0.05, 0) is 75.1 Å². The van der Waals surface area contributed by atoms with E-state index in [0.717, 1.165) is 30.5 Å². The number of amides is 2. The number of carbonyl (C=O) groups is 2. The van der Waals surface area contributed by atoms with E-state index in [1.54, 1.807) is 35.2 Å². The average Bonchev–Trinajstić information content (AvgIpc) is 2.71. The Bertz CT molecular complexity index is 882. The molecule has 2 amide bonds. The molecule has 6 heteroatoms. The second-order valence-corrected chi connectivity index (χ2v) is 7.88. The first-order valence-corrected chi connectivity index (χ1v) is 10.4. The summed E-state index contributed by atoms with van der Waals surface area (Å²) in [7, 11) is 0. The Morgan fingerprint density at radius 2 is 2.00 bits per heavy atom. The van der Waals surface area contributed by atoms with Crippen LogP contribution in [-0.2, 0) is 11.2 Å². The maximum atomic E-state index is 13.0. The lowest BCUT2D eigenvalue weighted by atomic mass is 9.98. The third kappa shape index (κ3) is 5.58. The number of rotatable bonds is 7. The van der Waals surface area contributed by atoms with Gasteiger partial charge >= 0.3 is 0 Å². The van der Waals surface area contributed by atoms with Gasteiger partial charge in [-0.15, -0.1) is 0 Å². The van der Waals surface area contributed by atoms with Gasteiger partial charge in [-0.2, -0.15) is 0 Å². The third-order valence-electron chi connectivity index (χ3n) is 4.83. The van der Waals surface area contributed by atoms with Gasteiger partial charge in [0.05, 0.1) is 6.10 Å². The van der Waals surface area contributed by atoms with Crippen LogP contribution in [0, 0.1) is 0 Å². The molecule has 0 aromatic heterocycles. The molecular weight excluding hydrogens is 388 g/mol. The minimum atomic E-state index is -0.101. The Labute approximate surface area is 177 Å². The molecule has 29 heavy (non-hydrogen) atoms. The quantitative estimate of drug-likeness (QED) is 0.679. The number of benzene rings is 2. The molecule has 1 heterocycles. The molecule has 5 nitrogen and oxygen atoms in total. The number of hydrogen-bond donors (Lipinski definition) is 1. The number of nitrogens with zero attached hydrogens (tertiary/aromatic N) is 1. The molecule has 0 radical (unpaired) electrons. The van der Waals surface area contributed by atoms with Gasteiger partial charge in [0, 0.05) is 41.5 Å². The second-order valence-electron chi connectivity index (χ2n) is 7.44. The van der Waals surface area contributed by atoms with Crippen molar-refractivity contribution in [2.24, 2.45) is 0 Å². The van der Waals surface area contributed by atoms with Crippen LogP contribution < -0.4 is 10.2 Å². The van der Waals surface area contributed by atoms with Crippen LogP contribution in [0.5, 0.6) is 0 Å². The number of aryl methyl sites for hydroxylation is 1. The summed E-state index contributed by atoms with van der Waals surface area (Å²) in [6.07, 6.45) is 2.68. The van der Waals surface area contributed by atoms with Crippen molar-refractivity contribution in [3.05, 3.63) is 64.2 Å². The van der Waals surface area contributed by atoms with E-state index in [-0.39, 0.29) is 17.9 Å². The normalized spacial score (nSPS) is 13.3. The molecule has 0 unspecified atom stereocenters. The lowest BCUT2D eigenvalue weighted by Crippen LogP contribution is -2.35. The van der Waals surface area contributed by atoms with Gasteiger partial charge in [-0.1, -0.05) is 17.7 Å². The number of anilines is 1. The number of halogens is 1. The smallest absolute Gasteiger partial charge is 0.258 e. The van der Waals surface area contributed by atoms with Gasteiger partial charge in [0.2, 0.25) is 0 Å². The predicted octanol–water partition coefficient (Wildman–Crippen LogP) is 4.48. The molecule has 1 aliphatic heterocycles. The van der Waals surface area contributed by atoms with E-state index in [1.807, 2.05) is 26.0 Å². The highest BCUT2D eigenvalue weighted by molar-refractivity contribution is 6.31. The standard InChI is InChI=1S/C23H27ClN2O3/c1-16(2)29-13-5-11-25-22(27)18-9-10-21-17(14-18)7-4-12-26(21)23(28)19-6-3-8-20(24)15-19/h3,6,8-10,14-16H,4-5,7,11-13H2,1-2H3,(H,25,27). The minimum Gasteiger partial charge on any atom is -0.379 e. The SMILES string of the molecule is CC(C)OCCCNC(=O)c1ccc2c(c1)CCCN2C(=O)c1cccc(Cl)c1. The van der Waals surface area contributed by atoms with E-state index in [2.05, 4.69) is 5.32 Å². The van der Waals surface area contributed by atoms with Crippen molar-refractivity contribution in [1.82, 2.24) is 5.32 Å². The van der Waals surface area contributed by atoms with Crippen LogP contribution in [0.1, 0.15) is 53.0 Å². The summed E-state index contributed by atoms with van der Waals surface area (Å²) >= 11 is 6.04. The number of fused-ring (bicyclic) bond motifs is 1. The third-order valence-corrected chi connectivity index (χ3v) is 5.07. The highest BCUT2D eigenvalue weighted by Crippen LogP contribution is 2.29. The Balaban J connectivity index is 1.67. The number of nitrogens with one attached hydrogen (secondary N) is 1. The van der Waals surface area contributed by atoms with E-state index >= 15 is 0 Å². The molecular formula is C23H27ClN2O3. The zero-order valence-corrected chi connectivity index (χ0v) is 17.7. The first-order chi connectivity index (χ1) is 14.0. The first-order valence-electron chi connectivity index (χ1n) is 10.1. The number of carbonyl (C=O) groups excluding carboxylic acids is 2. The van der Waals surface area contributed by atoms with Crippen LogP contribution in [0.4, 0.5) is 5.69 Å². The van der Waals surface area contributed by atoms with Crippen molar-refractivity contribution in [2.75, 3.05) is 24.6 Å². The molecule has 0 bridgehead atoms. The zero-order valence-electron chi connectivity index (χ0n) is 16.9. The van der Waals surface area contributed by atoms with Crippen LogP contribution in [0.3, 0.4) is 0 Å². The molecule has 2 aromatic rings. The predicted molar refractivity (Wildman–Crippen MR) is 116 cm³/mol.